The summed E-state index contributed by atoms with van der Waals surface area (Å²) in [4.78, 5) is 24.4. The number of ether oxygens (including phenoxy) is 1. The van der Waals surface area contributed by atoms with Crippen LogP contribution >= 0.6 is 0 Å². The van der Waals surface area contributed by atoms with E-state index in [0.29, 0.717) is 6.42 Å². The zero-order valence-corrected chi connectivity index (χ0v) is 15.4. The van der Waals surface area contributed by atoms with E-state index in [9.17, 15) is 14.7 Å². The fourth-order valence-corrected chi connectivity index (χ4v) is 2.45. The standard InChI is InChI=1S/C17H34N2O4/c1-7-8-9-23-15(21)17(22,16(4,5)6)13(10-12(2)3)19-14(20)11-18/h12-13,22H,7-11,18H2,1-6H3,(H,19,20)/t13-,17?/m0/s1. The number of unbranched alkanes of at least 4 members (excludes halogenated alkanes) is 1. The summed E-state index contributed by atoms with van der Waals surface area (Å²) in [6, 6.07) is -0.757. The zero-order chi connectivity index (χ0) is 18.3. The average molecular weight is 330 g/mol. The molecule has 136 valence electrons. The van der Waals surface area contributed by atoms with Gasteiger partial charge in [0.1, 0.15) is 0 Å². The van der Waals surface area contributed by atoms with E-state index < -0.39 is 28.9 Å². The van der Waals surface area contributed by atoms with Crippen molar-refractivity contribution in [2.24, 2.45) is 17.1 Å². The van der Waals surface area contributed by atoms with Gasteiger partial charge in [-0.15, -0.1) is 0 Å². The summed E-state index contributed by atoms with van der Waals surface area (Å²) in [7, 11) is 0. The first-order chi connectivity index (χ1) is 10.5. The van der Waals surface area contributed by atoms with Crippen LogP contribution in [0.2, 0.25) is 0 Å². The highest BCUT2D eigenvalue weighted by molar-refractivity contribution is 5.84. The Hall–Kier alpha value is -1.14. The van der Waals surface area contributed by atoms with E-state index in [2.05, 4.69) is 5.32 Å². The van der Waals surface area contributed by atoms with Gasteiger partial charge in [-0.05, 0) is 18.8 Å². The molecule has 0 aliphatic carbocycles. The van der Waals surface area contributed by atoms with Crippen LogP contribution in [-0.4, -0.2) is 41.8 Å². The Bertz CT molecular complexity index is 391. The molecule has 1 unspecified atom stereocenters. The molecule has 0 saturated heterocycles. The van der Waals surface area contributed by atoms with Gasteiger partial charge in [-0.2, -0.15) is 0 Å². The molecule has 4 N–H and O–H groups in total. The third-order valence-corrected chi connectivity index (χ3v) is 3.92. The van der Waals surface area contributed by atoms with Crippen molar-refractivity contribution in [3.63, 3.8) is 0 Å². The van der Waals surface area contributed by atoms with Gasteiger partial charge in [-0.3, -0.25) is 4.79 Å². The number of nitrogens with two attached hydrogens (primary N) is 1. The number of hydrogen-bond acceptors (Lipinski definition) is 5. The summed E-state index contributed by atoms with van der Waals surface area (Å²) in [5.41, 5.74) is 2.74. The van der Waals surface area contributed by atoms with Crippen LogP contribution in [0.5, 0.6) is 0 Å². The molecule has 0 saturated carbocycles. The molecular weight excluding hydrogens is 296 g/mol. The molecule has 0 aromatic carbocycles. The maximum atomic E-state index is 12.6. The van der Waals surface area contributed by atoms with Crippen molar-refractivity contribution in [1.29, 1.82) is 0 Å². The predicted octanol–water partition coefficient (Wildman–Crippen LogP) is 1.60. The monoisotopic (exact) mass is 330 g/mol. The SMILES string of the molecule is CCCCOC(=O)C(O)([C@H](CC(C)C)NC(=O)CN)C(C)(C)C. The zero-order valence-electron chi connectivity index (χ0n) is 15.4. The summed E-state index contributed by atoms with van der Waals surface area (Å²) < 4.78 is 5.28. The third-order valence-electron chi connectivity index (χ3n) is 3.92. The highest BCUT2D eigenvalue weighted by atomic mass is 16.5. The number of rotatable bonds is 9. The van der Waals surface area contributed by atoms with E-state index in [1.807, 2.05) is 20.8 Å². The molecule has 0 aliphatic heterocycles. The summed E-state index contributed by atoms with van der Waals surface area (Å²) in [6.45, 7) is 11.3. The van der Waals surface area contributed by atoms with Crippen LogP contribution < -0.4 is 11.1 Å². The Balaban J connectivity index is 5.56. The van der Waals surface area contributed by atoms with Crippen molar-refractivity contribution in [2.75, 3.05) is 13.2 Å². The van der Waals surface area contributed by atoms with Gasteiger partial charge in [0.2, 0.25) is 5.91 Å². The minimum Gasteiger partial charge on any atom is -0.463 e. The van der Waals surface area contributed by atoms with E-state index in [-0.39, 0.29) is 19.1 Å². The smallest absolute Gasteiger partial charge is 0.340 e. The first kappa shape index (κ1) is 21.9. The summed E-state index contributed by atoms with van der Waals surface area (Å²) in [6.07, 6.45) is 2.07. The van der Waals surface area contributed by atoms with Crippen molar-refractivity contribution < 1.29 is 19.4 Å². The molecule has 0 radical (unpaired) electrons. The lowest BCUT2D eigenvalue weighted by Gasteiger charge is -2.44. The molecule has 0 aromatic heterocycles. The Morgan fingerprint density at radius 3 is 2.22 bits per heavy atom. The lowest BCUT2D eigenvalue weighted by molar-refractivity contribution is -0.185. The second-order valence-electron chi connectivity index (χ2n) is 7.46. The van der Waals surface area contributed by atoms with Gasteiger partial charge in [-0.25, -0.2) is 4.79 Å². The highest BCUT2D eigenvalue weighted by Gasteiger charge is 2.54. The van der Waals surface area contributed by atoms with E-state index in [0.717, 1.165) is 12.8 Å². The third kappa shape index (κ3) is 6.11. The lowest BCUT2D eigenvalue weighted by atomic mass is 9.70. The molecule has 0 aromatic rings. The van der Waals surface area contributed by atoms with Crippen molar-refractivity contribution in [1.82, 2.24) is 5.32 Å². The summed E-state index contributed by atoms with van der Waals surface area (Å²) in [5, 5.41) is 13.9. The molecule has 1 amide bonds. The maximum absolute atomic E-state index is 12.6. The van der Waals surface area contributed by atoms with Crippen molar-refractivity contribution in [3.05, 3.63) is 0 Å². The van der Waals surface area contributed by atoms with Crippen LogP contribution in [0.1, 0.15) is 60.8 Å². The van der Waals surface area contributed by atoms with Crippen LogP contribution in [0.15, 0.2) is 0 Å². The number of amides is 1. The molecule has 0 bridgehead atoms. The van der Waals surface area contributed by atoms with Crippen LogP contribution in [0.3, 0.4) is 0 Å². The predicted molar refractivity (Wildman–Crippen MR) is 90.7 cm³/mol. The summed E-state index contributed by atoms with van der Waals surface area (Å²) >= 11 is 0. The molecule has 0 spiro atoms. The number of carbonyl (C=O) groups excluding carboxylic acids is 2. The van der Waals surface area contributed by atoms with E-state index in [4.69, 9.17) is 10.5 Å². The van der Waals surface area contributed by atoms with Gasteiger partial charge < -0.3 is 20.9 Å². The molecule has 0 aliphatic rings. The largest absolute Gasteiger partial charge is 0.463 e. The Kier molecular flexibility index (Phi) is 8.77. The van der Waals surface area contributed by atoms with E-state index in [1.165, 1.54) is 0 Å². The number of nitrogens with one attached hydrogen (secondary N) is 1. The van der Waals surface area contributed by atoms with Crippen molar-refractivity contribution >= 4 is 11.9 Å². The first-order valence-corrected chi connectivity index (χ1v) is 8.39. The Morgan fingerprint density at radius 2 is 1.83 bits per heavy atom. The average Bonchev–Trinajstić information content (AvgIpc) is 2.43. The fraction of sp³-hybridized carbons (Fsp3) is 0.882. The minimum atomic E-state index is -1.82. The normalized spacial score (nSPS) is 15.9. The Labute approximate surface area is 140 Å². The molecular formula is C17H34N2O4. The van der Waals surface area contributed by atoms with Crippen LogP contribution in [0, 0.1) is 11.3 Å². The van der Waals surface area contributed by atoms with Crippen LogP contribution in [0.4, 0.5) is 0 Å². The van der Waals surface area contributed by atoms with Crippen molar-refractivity contribution in [3.8, 4) is 0 Å². The molecule has 23 heavy (non-hydrogen) atoms. The minimum absolute atomic E-state index is 0.176. The molecule has 0 rings (SSSR count). The number of aliphatic hydroxyl groups is 1. The first-order valence-electron chi connectivity index (χ1n) is 8.39. The number of esters is 1. The summed E-state index contributed by atoms with van der Waals surface area (Å²) in [5.74, 6) is -0.920. The van der Waals surface area contributed by atoms with Crippen LogP contribution in [0.25, 0.3) is 0 Å². The van der Waals surface area contributed by atoms with Gasteiger partial charge in [0.05, 0.1) is 19.2 Å². The second kappa shape index (κ2) is 9.23. The van der Waals surface area contributed by atoms with Gasteiger partial charge >= 0.3 is 5.97 Å². The highest BCUT2D eigenvalue weighted by Crippen LogP contribution is 2.37. The molecule has 2 atom stereocenters. The fourth-order valence-electron chi connectivity index (χ4n) is 2.45. The van der Waals surface area contributed by atoms with Crippen molar-refractivity contribution in [2.45, 2.75) is 72.4 Å². The maximum Gasteiger partial charge on any atom is 0.340 e. The quantitative estimate of drug-likeness (QED) is 0.440. The van der Waals surface area contributed by atoms with Gasteiger partial charge in [0, 0.05) is 5.41 Å². The van der Waals surface area contributed by atoms with E-state index >= 15 is 0 Å². The lowest BCUT2D eigenvalue weighted by Crippen LogP contribution is -2.65. The van der Waals surface area contributed by atoms with Crippen LogP contribution in [-0.2, 0) is 14.3 Å². The number of hydrogen-bond donors (Lipinski definition) is 3. The van der Waals surface area contributed by atoms with Gasteiger partial charge in [0.25, 0.3) is 0 Å². The van der Waals surface area contributed by atoms with E-state index in [1.54, 1.807) is 20.8 Å². The molecule has 0 heterocycles. The van der Waals surface area contributed by atoms with Gasteiger partial charge in [0.15, 0.2) is 5.60 Å². The second-order valence-corrected chi connectivity index (χ2v) is 7.46. The molecule has 6 nitrogen and oxygen atoms in total. The molecule has 6 heteroatoms. The Morgan fingerprint density at radius 1 is 1.26 bits per heavy atom. The topological polar surface area (TPSA) is 102 Å². The van der Waals surface area contributed by atoms with Gasteiger partial charge in [-0.1, -0.05) is 48.0 Å². The number of carbonyl (C=O) groups is 2. The molecule has 0 fully saturated rings.